The van der Waals surface area contributed by atoms with Crippen molar-refractivity contribution in [3.8, 4) is 0 Å². The van der Waals surface area contributed by atoms with Crippen LogP contribution >= 0.6 is 0 Å². The van der Waals surface area contributed by atoms with E-state index in [2.05, 4.69) is 191 Å². The van der Waals surface area contributed by atoms with E-state index in [9.17, 15) is 14.4 Å². The zero-order valence-electron chi connectivity index (χ0n) is 48.6. The Morgan fingerprint density at radius 2 is 0.532 bits per heavy atom. The van der Waals surface area contributed by atoms with Crippen molar-refractivity contribution >= 4 is 17.9 Å². The second-order valence-electron chi connectivity index (χ2n) is 18.8. The Morgan fingerprint density at radius 3 is 0.870 bits per heavy atom. The molecule has 0 saturated carbocycles. The topological polar surface area (TPSA) is 78.9 Å². The van der Waals surface area contributed by atoms with Gasteiger partial charge in [0, 0.05) is 12.8 Å². The van der Waals surface area contributed by atoms with Crippen molar-refractivity contribution in [1.82, 2.24) is 0 Å². The molecule has 0 fully saturated rings. The summed E-state index contributed by atoms with van der Waals surface area (Å²) >= 11 is 0. The van der Waals surface area contributed by atoms with E-state index in [1.165, 1.54) is 38.5 Å². The van der Waals surface area contributed by atoms with Gasteiger partial charge in [0.15, 0.2) is 6.10 Å². The molecule has 0 spiro atoms. The van der Waals surface area contributed by atoms with Gasteiger partial charge in [-0.2, -0.15) is 0 Å². The predicted molar refractivity (Wildman–Crippen MR) is 334 cm³/mol. The molecule has 0 heterocycles. The average molecular weight is 1060 g/mol. The smallest absolute Gasteiger partial charge is 0.310 e. The van der Waals surface area contributed by atoms with E-state index < -0.39 is 18.0 Å². The molecule has 0 N–H and O–H groups in total. The van der Waals surface area contributed by atoms with E-state index in [1.54, 1.807) is 6.08 Å². The Balaban J connectivity index is 4.42. The van der Waals surface area contributed by atoms with Crippen molar-refractivity contribution in [2.45, 2.75) is 219 Å². The maximum Gasteiger partial charge on any atom is 0.310 e. The van der Waals surface area contributed by atoms with Gasteiger partial charge in [-0.25, -0.2) is 0 Å². The second kappa shape index (κ2) is 62.8. The number of hydrogen-bond acceptors (Lipinski definition) is 6. The summed E-state index contributed by atoms with van der Waals surface area (Å²) < 4.78 is 16.7. The fourth-order valence-electron chi connectivity index (χ4n) is 7.27. The summed E-state index contributed by atoms with van der Waals surface area (Å²) in [5, 5.41) is 0. The number of carbonyl (C=O) groups excluding carboxylic acids is 3. The first-order chi connectivity index (χ1) is 38.0. The first kappa shape index (κ1) is 71.2. The molecular weight excluding hydrogens is 949 g/mol. The molecule has 0 bridgehead atoms. The lowest BCUT2D eigenvalue weighted by molar-refractivity contribution is -0.166. The number of unbranched alkanes of at least 4 members (excludes halogenated alkanes) is 9. The number of ether oxygens (including phenoxy) is 3. The standard InChI is InChI=1S/C71H106O6/c1-4-7-10-13-16-19-22-25-27-28-29-30-31-32-33-34-35-36-37-38-39-40-41-42-44-46-49-52-55-58-61-64-70(73)76-67-68(66-75-69(72)63-60-57-54-51-48-45-24-21-18-15-12-9-6-3)77-71(74)65-62-59-56-53-50-47-43-26-23-20-17-14-11-8-5-2/h7-12,16-21,25-27,29-30,32-33,35-36,38-39,43,45,48,50,53-54,57,59,62,68H,4-6,13-15,22-24,28,31,34,37,40-42,44,46-47,49,51-52,55-56,58,60-61,63-67H2,1-3H3/b10-7-,11-8-,12-9-,19-16-,20-17-,21-18-,27-25-,30-29-,33-32-,36-35-,39-38-,43-26-,48-45-,53-50-,57-54-,62-59-. The summed E-state index contributed by atoms with van der Waals surface area (Å²) in [6.07, 6.45) is 96.2. The van der Waals surface area contributed by atoms with Gasteiger partial charge in [0.25, 0.3) is 0 Å². The zero-order valence-corrected chi connectivity index (χ0v) is 48.6. The molecular formula is C71H106O6. The number of hydrogen-bond donors (Lipinski definition) is 0. The maximum atomic E-state index is 12.8. The van der Waals surface area contributed by atoms with Crippen LogP contribution in [0.2, 0.25) is 0 Å². The Labute approximate surface area is 471 Å². The third kappa shape index (κ3) is 61.0. The van der Waals surface area contributed by atoms with Crippen LogP contribution in [-0.2, 0) is 28.6 Å². The van der Waals surface area contributed by atoms with Gasteiger partial charge >= 0.3 is 17.9 Å². The van der Waals surface area contributed by atoms with Crippen molar-refractivity contribution < 1.29 is 28.6 Å². The summed E-state index contributed by atoms with van der Waals surface area (Å²) in [5.41, 5.74) is 0. The van der Waals surface area contributed by atoms with E-state index in [0.29, 0.717) is 19.3 Å². The van der Waals surface area contributed by atoms with Crippen LogP contribution in [0.3, 0.4) is 0 Å². The van der Waals surface area contributed by atoms with E-state index in [4.69, 9.17) is 14.2 Å². The van der Waals surface area contributed by atoms with Crippen molar-refractivity contribution in [3.63, 3.8) is 0 Å². The molecule has 0 aromatic rings. The van der Waals surface area contributed by atoms with Crippen LogP contribution in [0.4, 0.5) is 0 Å². The largest absolute Gasteiger partial charge is 0.462 e. The lowest BCUT2D eigenvalue weighted by atomic mass is 10.1. The Morgan fingerprint density at radius 1 is 0.273 bits per heavy atom. The van der Waals surface area contributed by atoms with Gasteiger partial charge in [0.2, 0.25) is 0 Å². The number of rotatable bonds is 51. The highest BCUT2D eigenvalue weighted by Gasteiger charge is 2.19. The number of allylic oxidation sites excluding steroid dienone is 31. The molecule has 0 saturated heterocycles. The minimum Gasteiger partial charge on any atom is -0.462 e. The molecule has 6 nitrogen and oxygen atoms in total. The molecule has 0 aliphatic carbocycles. The van der Waals surface area contributed by atoms with Gasteiger partial charge in [-0.1, -0.05) is 260 Å². The van der Waals surface area contributed by atoms with E-state index in [0.717, 1.165) is 122 Å². The van der Waals surface area contributed by atoms with Gasteiger partial charge in [-0.3, -0.25) is 14.4 Å². The lowest BCUT2D eigenvalue weighted by Crippen LogP contribution is -2.30. The first-order valence-corrected chi connectivity index (χ1v) is 29.9. The molecule has 1 unspecified atom stereocenters. The molecule has 0 radical (unpaired) electrons. The average Bonchev–Trinajstić information content (AvgIpc) is 3.43. The Kier molecular flexibility index (Phi) is 58.1. The van der Waals surface area contributed by atoms with Gasteiger partial charge < -0.3 is 14.2 Å². The van der Waals surface area contributed by atoms with E-state index >= 15 is 0 Å². The van der Waals surface area contributed by atoms with Crippen LogP contribution < -0.4 is 0 Å². The summed E-state index contributed by atoms with van der Waals surface area (Å²) in [4.78, 5) is 38.0. The van der Waals surface area contributed by atoms with Crippen LogP contribution in [-0.4, -0.2) is 37.2 Å². The lowest BCUT2D eigenvalue weighted by Gasteiger charge is -2.18. The highest BCUT2D eigenvalue weighted by Crippen LogP contribution is 2.13. The quantitative estimate of drug-likeness (QED) is 0.0261. The molecule has 6 heteroatoms. The van der Waals surface area contributed by atoms with Gasteiger partial charge in [-0.05, 0) is 128 Å². The predicted octanol–water partition coefficient (Wildman–Crippen LogP) is 20.6. The van der Waals surface area contributed by atoms with Crippen molar-refractivity contribution in [1.29, 1.82) is 0 Å². The van der Waals surface area contributed by atoms with Crippen molar-refractivity contribution in [2.24, 2.45) is 0 Å². The fraction of sp³-hybridized carbons (Fsp3) is 0.507. The summed E-state index contributed by atoms with van der Waals surface area (Å²) in [7, 11) is 0. The Hall–Kier alpha value is -5.75. The normalized spacial score (nSPS) is 13.5. The van der Waals surface area contributed by atoms with Crippen LogP contribution in [0.5, 0.6) is 0 Å². The van der Waals surface area contributed by atoms with Crippen LogP contribution in [0.1, 0.15) is 213 Å². The van der Waals surface area contributed by atoms with Crippen LogP contribution in [0, 0.1) is 0 Å². The van der Waals surface area contributed by atoms with Crippen molar-refractivity contribution in [3.05, 3.63) is 194 Å². The molecule has 0 aromatic heterocycles. The van der Waals surface area contributed by atoms with E-state index in [1.807, 2.05) is 18.2 Å². The molecule has 0 rings (SSSR count). The summed E-state index contributed by atoms with van der Waals surface area (Å²) in [6, 6.07) is 0. The monoisotopic (exact) mass is 1050 g/mol. The minimum absolute atomic E-state index is 0.0708. The molecule has 0 aliphatic rings. The van der Waals surface area contributed by atoms with Gasteiger partial charge in [0.1, 0.15) is 13.2 Å². The SMILES string of the molecule is CC/C=C\C/C=C\C/C=C\C/C=C\C/C=C\C/C=C\C/C=C\CCCCCCCCCCCC(=O)OCC(COC(=O)CC/C=C\C/C=C\C/C=C\C/C=C\CC)OC(=O)C/C=C\C/C=C\C/C=C\C/C=C\C/C=C\CC. The highest BCUT2D eigenvalue weighted by atomic mass is 16.6. The van der Waals surface area contributed by atoms with Crippen LogP contribution in [0.15, 0.2) is 194 Å². The summed E-state index contributed by atoms with van der Waals surface area (Å²) in [5.74, 6) is -1.19. The van der Waals surface area contributed by atoms with Crippen molar-refractivity contribution in [2.75, 3.05) is 13.2 Å². The third-order valence-corrected chi connectivity index (χ3v) is 11.6. The number of esters is 3. The maximum absolute atomic E-state index is 12.8. The molecule has 0 amide bonds. The molecule has 0 aromatic carbocycles. The highest BCUT2D eigenvalue weighted by molar-refractivity contribution is 5.72. The molecule has 0 aliphatic heterocycles. The van der Waals surface area contributed by atoms with Gasteiger partial charge in [-0.15, -0.1) is 0 Å². The third-order valence-electron chi connectivity index (χ3n) is 11.6. The second-order valence-corrected chi connectivity index (χ2v) is 18.8. The van der Waals surface area contributed by atoms with E-state index in [-0.39, 0.29) is 32.0 Å². The summed E-state index contributed by atoms with van der Waals surface area (Å²) in [6.45, 7) is 6.11. The number of carbonyl (C=O) groups is 3. The molecule has 1 atom stereocenters. The zero-order chi connectivity index (χ0) is 55.7. The molecule has 426 valence electrons. The van der Waals surface area contributed by atoms with Gasteiger partial charge in [0.05, 0.1) is 6.42 Å². The van der Waals surface area contributed by atoms with Crippen LogP contribution in [0.25, 0.3) is 0 Å². The Bertz CT molecular complexity index is 1880. The first-order valence-electron chi connectivity index (χ1n) is 29.9. The fourth-order valence-corrected chi connectivity index (χ4v) is 7.27. The minimum atomic E-state index is -0.875. The molecule has 77 heavy (non-hydrogen) atoms.